The van der Waals surface area contributed by atoms with Crippen molar-refractivity contribution < 1.29 is 14.3 Å². The van der Waals surface area contributed by atoms with Gasteiger partial charge in [-0.05, 0) is 73.5 Å². The van der Waals surface area contributed by atoms with E-state index in [1.54, 1.807) is 6.92 Å². The summed E-state index contributed by atoms with van der Waals surface area (Å²) >= 11 is 0. The molecule has 0 heterocycles. The molecule has 0 unspecified atom stereocenters. The fourth-order valence-corrected chi connectivity index (χ4v) is 7.77. The number of esters is 1. The molecule has 4 fully saturated rings. The highest BCUT2D eigenvalue weighted by molar-refractivity contribution is 5.79. The molecule has 0 aromatic rings. The van der Waals surface area contributed by atoms with E-state index in [1.165, 1.54) is 25.7 Å². The van der Waals surface area contributed by atoms with Crippen LogP contribution in [0.15, 0.2) is 0 Å². The topological polar surface area (TPSA) is 43.4 Å². The van der Waals surface area contributed by atoms with E-state index in [-0.39, 0.29) is 17.5 Å². The Labute approximate surface area is 152 Å². The first kappa shape index (κ1) is 17.5. The van der Waals surface area contributed by atoms with Gasteiger partial charge >= 0.3 is 5.97 Å². The number of hydrogen-bond donors (Lipinski definition) is 0. The lowest BCUT2D eigenvalue weighted by Crippen LogP contribution is -2.56. The lowest BCUT2D eigenvalue weighted by Gasteiger charge is -2.62. The van der Waals surface area contributed by atoms with E-state index in [0.29, 0.717) is 29.0 Å². The van der Waals surface area contributed by atoms with Crippen molar-refractivity contribution in [1.29, 1.82) is 0 Å². The second-order valence-electron chi connectivity index (χ2n) is 10.2. The smallest absolute Gasteiger partial charge is 0.302 e. The van der Waals surface area contributed by atoms with Gasteiger partial charge in [0.05, 0.1) is 0 Å². The van der Waals surface area contributed by atoms with Gasteiger partial charge in [-0.25, -0.2) is 0 Å². The molecule has 8 atom stereocenters. The first-order valence-corrected chi connectivity index (χ1v) is 10.4. The third kappa shape index (κ3) is 2.51. The molecule has 0 amide bonds. The molecule has 0 bridgehead atoms. The number of hydrogen-bond acceptors (Lipinski definition) is 3. The van der Waals surface area contributed by atoms with Crippen molar-refractivity contribution in [2.24, 2.45) is 40.4 Å². The number of rotatable bonds is 1. The zero-order valence-electron chi connectivity index (χ0n) is 16.3. The van der Waals surface area contributed by atoms with E-state index in [0.717, 1.165) is 37.5 Å². The van der Waals surface area contributed by atoms with Crippen molar-refractivity contribution in [3.05, 3.63) is 0 Å². The minimum absolute atomic E-state index is 0.113. The minimum Gasteiger partial charge on any atom is -0.462 e. The Hall–Kier alpha value is -0.860. The summed E-state index contributed by atoms with van der Waals surface area (Å²) in [5.41, 5.74) is 0.515. The molecule has 3 heteroatoms. The summed E-state index contributed by atoms with van der Waals surface area (Å²) in [5, 5.41) is 0. The molecular formula is C22H34O3. The van der Waals surface area contributed by atoms with Crippen LogP contribution in [0, 0.1) is 40.4 Å². The molecule has 4 aliphatic rings. The van der Waals surface area contributed by atoms with Crippen LogP contribution in [0.25, 0.3) is 0 Å². The molecule has 0 saturated heterocycles. The highest BCUT2D eigenvalue weighted by Gasteiger charge is 2.62. The third-order valence-electron chi connectivity index (χ3n) is 9.06. The predicted octanol–water partition coefficient (Wildman–Crippen LogP) is 4.78. The summed E-state index contributed by atoms with van der Waals surface area (Å²) in [5.74, 6) is 3.83. The number of ketones is 1. The fraction of sp³-hybridized carbons (Fsp3) is 0.909. The highest BCUT2D eigenvalue weighted by Crippen LogP contribution is 2.67. The van der Waals surface area contributed by atoms with Crippen LogP contribution in [0.1, 0.15) is 79.1 Å². The van der Waals surface area contributed by atoms with E-state index in [1.807, 2.05) is 0 Å². The van der Waals surface area contributed by atoms with Crippen LogP contribution in [0.4, 0.5) is 0 Å². The lowest BCUT2D eigenvalue weighted by molar-refractivity contribution is -0.167. The molecule has 0 radical (unpaired) electrons. The Morgan fingerprint density at radius 3 is 2.52 bits per heavy atom. The molecule has 0 aliphatic heterocycles. The molecule has 25 heavy (non-hydrogen) atoms. The van der Waals surface area contributed by atoms with Crippen LogP contribution in [-0.2, 0) is 14.3 Å². The van der Waals surface area contributed by atoms with Crippen molar-refractivity contribution in [2.75, 3.05) is 0 Å². The van der Waals surface area contributed by atoms with Gasteiger partial charge in [0.1, 0.15) is 11.9 Å². The molecule has 3 nitrogen and oxygen atoms in total. The second kappa shape index (κ2) is 5.82. The minimum atomic E-state index is -0.122. The Kier molecular flexibility index (Phi) is 4.09. The number of Topliss-reactive ketones (excluding diaryl/α,β-unsaturated/α-hetero) is 1. The van der Waals surface area contributed by atoms with Gasteiger partial charge in [-0.2, -0.15) is 0 Å². The van der Waals surface area contributed by atoms with Crippen LogP contribution in [0.2, 0.25) is 0 Å². The zero-order valence-corrected chi connectivity index (χ0v) is 16.3. The Balaban J connectivity index is 1.63. The SMILES string of the molecule is CC(=O)O[C@H]1CC[C@H]2[C@@H]3[C@H](C)C[C@@H]4CC(=O)CC[C@]4(C)[C@H]3CC[C@]12C. The van der Waals surface area contributed by atoms with Crippen molar-refractivity contribution in [3.63, 3.8) is 0 Å². The van der Waals surface area contributed by atoms with Gasteiger partial charge in [0.25, 0.3) is 0 Å². The van der Waals surface area contributed by atoms with Crippen LogP contribution in [0.5, 0.6) is 0 Å². The standard InChI is InChI=1S/C22H34O3/c1-13-11-15-12-16(24)7-9-21(15,3)18-8-10-22(4)17(20(13)18)5-6-19(22)25-14(2)23/h13,15,17-20H,5-12H2,1-4H3/t13-,15-,17+,18+,19+,20+,21+,22+/m1/s1. The zero-order chi connectivity index (χ0) is 18.0. The monoisotopic (exact) mass is 346 g/mol. The average Bonchev–Trinajstić information content (AvgIpc) is 2.85. The average molecular weight is 347 g/mol. The lowest BCUT2D eigenvalue weighted by atomic mass is 9.43. The first-order chi connectivity index (χ1) is 11.8. The summed E-state index contributed by atoms with van der Waals surface area (Å²) in [6.07, 6.45) is 8.72. The van der Waals surface area contributed by atoms with Gasteiger partial charge in [-0.3, -0.25) is 9.59 Å². The third-order valence-corrected chi connectivity index (χ3v) is 9.06. The van der Waals surface area contributed by atoms with Crippen LogP contribution in [0.3, 0.4) is 0 Å². The predicted molar refractivity (Wildman–Crippen MR) is 96.8 cm³/mol. The highest BCUT2D eigenvalue weighted by atomic mass is 16.5. The maximum atomic E-state index is 12.1. The van der Waals surface area contributed by atoms with E-state index in [2.05, 4.69) is 20.8 Å². The van der Waals surface area contributed by atoms with E-state index < -0.39 is 0 Å². The molecule has 140 valence electrons. The van der Waals surface area contributed by atoms with Crippen LogP contribution >= 0.6 is 0 Å². The molecule has 0 N–H and O–H groups in total. The van der Waals surface area contributed by atoms with Gasteiger partial charge in [-0.1, -0.05) is 20.8 Å². The van der Waals surface area contributed by atoms with E-state index in [4.69, 9.17) is 4.74 Å². The van der Waals surface area contributed by atoms with Crippen molar-refractivity contribution >= 4 is 11.8 Å². The second-order valence-corrected chi connectivity index (χ2v) is 10.2. The van der Waals surface area contributed by atoms with E-state index in [9.17, 15) is 9.59 Å². The number of fused-ring (bicyclic) bond motifs is 5. The van der Waals surface area contributed by atoms with Gasteiger partial charge in [-0.15, -0.1) is 0 Å². The molecule has 0 aromatic carbocycles. The summed E-state index contributed by atoms with van der Waals surface area (Å²) in [4.78, 5) is 23.6. The summed E-state index contributed by atoms with van der Waals surface area (Å²) in [7, 11) is 0. The molecule has 4 rings (SSSR count). The van der Waals surface area contributed by atoms with Crippen molar-refractivity contribution in [3.8, 4) is 0 Å². The maximum absolute atomic E-state index is 12.1. The Morgan fingerprint density at radius 1 is 1.08 bits per heavy atom. The first-order valence-electron chi connectivity index (χ1n) is 10.4. The normalized spacial score (nSPS) is 52.1. The van der Waals surface area contributed by atoms with Gasteiger partial charge in [0.15, 0.2) is 0 Å². The molecular weight excluding hydrogens is 312 g/mol. The molecule has 4 saturated carbocycles. The quantitative estimate of drug-likeness (QED) is 0.642. The van der Waals surface area contributed by atoms with Crippen molar-refractivity contribution in [1.82, 2.24) is 0 Å². The van der Waals surface area contributed by atoms with Crippen molar-refractivity contribution in [2.45, 2.75) is 85.2 Å². The number of ether oxygens (including phenoxy) is 1. The van der Waals surface area contributed by atoms with Crippen LogP contribution < -0.4 is 0 Å². The molecule has 0 spiro atoms. The van der Waals surface area contributed by atoms with Gasteiger partial charge in [0.2, 0.25) is 0 Å². The Morgan fingerprint density at radius 2 is 1.80 bits per heavy atom. The summed E-state index contributed by atoms with van der Waals surface area (Å²) in [6.45, 7) is 8.87. The van der Waals surface area contributed by atoms with Gasteiger partial charge in [0, 0.05) is 25.2 Å². The number of carbonyl (C=O) groups is 2. The van der Waals surface area contributed by atoms with Gasteiger partial charge < -0.3 is 4.74 Å². The van der Waals surface area contributed by atoms with Crippen LogP contribution in [-0.4, -0.2) is 17.9 Å². The summed E-state index contributed by atoms with van der Waals surface area (Å²) in [6, 6.07) is 0. The Bertz CT molecular complexity index is 584. The molecule has 0 aromatic heterocycles. The molecule has 4 aliphatic carbocycles. The summed E-state index contributed by atoms with van der Waals surface area (Å²) < 4.78 is 5.76. The van der Waals surface area contributed by atoms with E-state index >= 15 is 0 Å². The number of carbonyl (C=O) groups excluding carboxylic acids is 2. The largest absolute Gasteiger partial charge is 0.462 e. The maximum Gasteiger partial charge on any atom is 0.302 e. The fourth-order valence-electron chi connectivity index (χ4n) is 7.77.